The number of amides is 1. The maximum Gasteiger partial charge on any atom is 0.265 e. The van der Waals surface area contributed by atoms with Crippen molar-refractivity contribution in [1.29, 1.82) is 0 Å². The highest BCUT2D eigenvalue weighted by Crippen LogP contribution is 2.24. The Hall–Kier alpha value is -1.74. The van der Waals surface area contributed by atoms with Crippen LogP contribution in [0.15, 0.2) is 35.2 Å². The molecule has 1 fully saturated rings. The summed E-state index contributed by atoms with van der Waals surface area (Å²) < 4.78 is 32.8. The zero-order valence-corrected chi connectivity index (χ0v) is 17.5. The van der Waals surface area contributed by atoms with Gasteiger partial charge in [-0.3, -0.25) is 4.79 Å². The molecular formula is C19H24N2O4S2. The van der Waals surface area contributed by atoms with Crippen molar-refractivity contribution >= 4 is 33.0 Å². The van der Waals surface area contributed by atoms with Crippen LogP contribution in [-0.4, -0.2) is 43.9 Å². The van der Waals surface area contributed by atoms with E-state index in [0.29, 0.717) is 23.7 Å². The fourth-order valence-corrected chi connectivity index (χ4v) is 5.58. The van der Waals surface area contributed by atoms with Gasteiger partial charge < -0.3 is 10.1 Å². The second kappa shape index (κ2) is 7.71. The van der Waals surface area contributed by atoms with E-state index < -0.39 is 10.0 Å². The summed E-state index contributed by atoms with van der Waals surface area (Å²) in [6, 6.07) is 8.15. The maximum atomic E-state index is 12.9. The minimum Gasteiger partial charge on any atom is -0.373 e. The lowest BCUT2D eigenvalue weighted by Crippen LogP contribution is -2.48. The number of benzene rings is 1. The monoisotopic (exact) mass is 408 g/mol. The van der Waals surface area contributed by atoms with E-state index in [9.17, 15) is 13.2 Å². The number of anilines is 1. The molecular weight excluding hydrogens is 384 g/mol. The zero-order valence-electron chi connectivity index (χ0n) is 15.9. The van der Waals surface area contributed by atoms with Crippen LogP contribution in [0.25, 0.3) is 0 Å². The smallest absolute Gasteiger partial charge is 0.265 e. The second-order valence-corrected chi connectivity index (χ2v) is 10.1. The molecule has 146 valence electrons. The van der Waals surface area contributed by atoms with Crippen molar-refractivity contribution in [2.75, 3.05) is 18.4 Å². The highest BCUT2D eigenvalue weighted by atomic mass is 32.2. The lowest BCUT2D eigenvalue weighted by Gasteiger charge is -2.34. The Morgan fingerprint density at radius 2 is 1.74 bits per heavy atom. The average molecular weight is 409 g/mol. The van der Waals surface area contributed by atoms with E-state index in [1.54, 1.807) is 12.1 Å². The zero-order chi connectivity index (χ0) is 19.8. The van der Waals surface area contributed by atoms with E-state index in [0.717, 1.165) is 10.4 Å². The van der Waals surface area contributed by atoms with Crippen LogP contribution in [0.4, 0.5) is 5.69 Å². The molecule has 0 bridgehead atoms. The Balaban J connectivity index is 1.73. The molecule has 2 atom stereocenters. The Kier molecular flexibility index (Phi) is 5.71. The molecule has 1 aromatic heterocycles. The summed E-state index contributed by atoms with van der Waals surface area (Å²) in [5.41, 5.74) is 1.65. The van der Waals surface area contributed by atoms with Crippen LogP contribution in [0.3, 0.4) is 0 Å². The highest BCUT2D eigenvalue weighted by molar-refractivity contribution is 7.89. The lowest BCUT2D eigenvalue weighted by molar-refractivity contribution is -0.0440. The van der Waals surface area contributed by atoms with Gasteiger partial charge in [0.1, 0.15) is 0 Å². The fraction of sp³-hybridized carbons (Fsp3) is 0.421. The van der Waals surface area contributed by atoms with Crippen LogP contribution in [0, 0.1) is 13.8 Å². The van der Waals surface area contributed by atoms with E-state index in [2.05, 4.69) is 5.32 Å². The van der Waals surface area contributed by atoms with E-state index in [4.69, 9.17) is 4.74 Å². The number of morpholine rings is 1. The van der Waals surface area contributed by atoms with Crippen molar-refractivity contribution in [1.82, 2.24) is 4.31 Å². The highest BCUT2D eigenvalue weighted by Gasteiger charge is 2.32. The number of aryl methyl sites for hydroxylation is 2. The predicted molar refractivity (Wildman–Crippen MR) is 107 cm³/mol. The largest absolute Gasteiger partial charge is 0.373 e. The van der Waals surface area contributed by atoms with Crippen molar-refractivity contribution in [2.24, 2.45) is 0 Å². The van der Waals surface area contributed by atoms with Crippen LogP contribution in [0.2, 0.25) is 0 Å². The molecule has 1 aromatic carbocycles. The minimum absolute atomic E-state index is 0.139. The lowest BCUT2D eigenvalue weighted by atomic mass is 10.2. The molecule has 2 unspecified atom stereocenters. The number of sulfonamides is 1. The molecule has 1 N–H and O–H groups in total. The first-order valence-corrected chi connectivity index (χ1v) is 11.1. The predicted octanol–water partition coefficient (Wildman–Crippen LogP) is 3.42. The summed E-state index contributed by atoms with van der Waals surface area (Å²) in [5, 5.41) is 2.81. The number of hydrogen-bond donors (Lipinski definition) is 1. The SMILES string of the molecule is Cc1cc(C(=O)Nc2ccc(S(=O)(=O)N3CC(C)OC(C)C3)cc2)sc1C. The Morgan fingerprint density at radius 3 is 2.26 bits per heavy atom. The Bertz CT molecular complexity index is 906. The van der Waals surface area contributed by atoms with Gasteiger partial charge in [-0.1, -0.05) is 0 Å². The average Bonchev–Trinajstić information content (AvgIpc) is 2.94. The molecule has 8 heteroatoms. The molecule has 1 saturated heterocycles. The van der Waals surface area contributed by atoms with Crippen LogP contribution >= 0.6 is 11.3 Å². The molecule has 27 heavy (non-hydrogen) atoms. The molecule has 3 rings (SSSR count). The van der Waals surface area contributed by atoms with E-state index in [1.165, 1.54) is 27.8 Å². The molecule has 1 aliphatic heterocycles. The summed E-state index contributed by atoms with van der Waals surface area (Å²) in [6.45, 7) is 8.35. The van der Waals surface area contributed by atoms with Gasteiger partial charge in [-0.05, 0) is 63.6 Å². The van der Waals surface area contributed by atoms with Crippen molar-refractivity contribution in [3.05, 3.63) is 45.6 Å². The molecule has 6 nitrogen and oxygen atoms in total. The molecule has 0 spiro atoms. The van der Waals surface area contributed by atoms with Gasteiger partial charge >= 0.3 is 0 Å². The first-order chi connectivity index (χ1) is 12.7. The number of ether oxygens (including phenoxy) is 1. The topological polar surface area (TPSA) is 75.7 Å². The Morgan fingerprint density at radius 1 is 1.15 bits per heavy atom. The number of thiophene rings is 1. The van der Waals surface area contributed by atoms with Crippen LogP contribution in [0.5, 0.6) is 0 Å². The second-order valence-electron chi connectivity index (χ2n) is 6.91. The summed E-state index contributed by atoms with van der Waals surface area (Å²) in [5.74, 6) is -0.192. The van der Waals surface area contributed by atoms with Crippen molar-refractivity contribution in [3.63, 3.8) is 0 Å². The third-order valence-electron chi connectivity index (χ3n) is 4.53. The maximum absolute atomic E-state index is 12.9. The number of hydrogen-bond acceptors (Lipinski definition) is 5. The fourth-order valence-electron chi connectivity index (χ4n) is 3.06. The first kappa shape index (κ1) is 20.0. The third kappa shape index (κ3) is 4.40. The third-order valence-corrected chi connectivity index (χ3v) is 7.52. The van der Waals surface area contributed by atoms with Gasteiger partial charge in [-0.2, -0.15) is 4.31 Å². The normalized spacial score (nSPS) is 21.2. The molecule has 0 radical (unpaired) electrons. The van der Waals surface area contributed by atoms with Crippen LogP contribution in [-0.2, 0) is 14.8 Å². The van der Waals surface area contributed by atoms with Crippen molar-refractivity contribution in [2.45, 2.75) is 44.8 Å². The van der Waals surface area contributed by atoms with Gasteiger partial charge in [-0.25, -0.2) is 8.42 Å². The molecule has 1 amide bonds. The number of carbonyl (C=O) groups is 1. The van der Waals surface area contributed by atoms with Gasteiger partial charge in [0.2, 0.25) is 10.0 Å². The van der Waals surface area contributed by atoms with E-state index >= 15 is 0 Å². The van der Waals surface area contributed by atoms with Crippen molar-refractivity contribution < 1.29 is 17.9 Å². The molecule has 1 aliphatic rings. The number of nitrogens with one attached hydrogen (secondary N) is 1. The van der Waals surface area contributed by atoms with Gasteiger partial charge in [0, 0.05) is 23.7 Å². The van der Waals surface area contributed by atoms with Crippen molar-refractivity contribution in [3.8, 4) is 0 Å². The summed E-state index contributed by atoms with van der Waals surface area (Å²) in [6.07, 6.45) is -0.278. The quantitative estimate of drug-likeness (QED) is 0.841. The summed E-state index contributed by atoms with van der Waals surface area (Å²) in [7, 11) is -3.58. The minimum atomic E-state index is -3.58. The van der Waals surface area contributed by atoms with Crippen LogP contribution in [0.1, 0.15) is 34.0 Å². The van der Waals surface area contributed by atoms with Gasteiger partial charge in [0.25, 0.3) is 5.91 Å². The van der Waals surface area contributed by atoms with Gasteiger partial charge in [-0.15, -0.1) is 11.3 Å². The first-order valence-electron chi connectivity index (χ1n) is 8.81. The molecule has 2 aromatic rings. The molecule has 0 aliphatic carbocycles. The standard InChI is InChI=1S/C19H24N2O4S2/c1-12-9-18(26-15(12)4)19(22)20-16-5-7-17(8-6-16)27(23,24)21-10-13(2)25-14(3)11-21/h5-9,13-14H,10-11H2,1-4H3,(H,20,22). The van der Waals surface area contributed by atoms with E-state index in [1.807, 2.05) is 33.8 Å². The number of nitrogens with zero attached hydrogens (tertiary/aromatic N) is 1. The molecule has 0 saturated carbocycles. The number of rotatable bonds is 4. The molecule has 2 heterocycles. The van der Waals surface area contributed by atoms with Gasteiger partial charge in [0.15, 0.2) is 0 Å². The van der Waals surface area contributed by atoms with Gasteiger partial charge in [0.05, 0.1) is 22.0 Å². The Labute approximate surface area is 164 Å². The summed E-state index contributed by atoms with van der Waals surface area (Å²) in [4.78, 5) is 14.3. The number of carbonyl (C=O) groups excluding carboxylic acids is 1. The van der Waals surface area contributed by atoms with Crippen LogP contribution < -0.4 is 5.32 Å². The summed E-state index contributed by atoms with van der Waals surface area (Å²) >= 11 is 1.44. The van der Waals surface area contributed by atoms with E-state index in [-0.39, 0.29) is 23.0 Å².